The van der Waals surface area contributed by atoms with E-state index in [-0.39, 0.29) is 12.5 Å². The summed E-state index contributed by atoms with van der Waals surface area (Å²) in [5.41, 5.74) is 10.4. The number of unbranched alkanes of at least 4 members (excludes halogenated alkanes) is 7. The van der Waals surface area contributed by atoms with Crippen molar-refractivity contribution in [2.45, 2.75) is 64.7 Å². The second-order valence-corrected chi connectivity index (χ2v) is 5.06. The van der Waals surface area contributed by atoms with E-state index in [0.29, 0.717) is 6.42 Å². The van der Waals surface area contributed by atoms with Gasteiger partial charge in [-0.3, -0.25) is 9.79 Å². The molecular formula is C14H29N3O2. The zero-order chi connectivity index (χ0) is 14.5. The Balaban J connectivity index is 3.59. The first-order chi connectivity index (χ1) is 9.07. The average molecular weight is 271 g/mol. The molecule has 0 fully saturated rings. The Hall–Kier alpha value is -1.26. The molecule has 5 heteroatoms. The lowest BCUT2D eigenvalue weighted by Crippen LogP contribution is -2.25. The van der Waals surface area contributed by atoms with Crippen LogP contribution in [0.5, 0.6) is 0 Å². The highest BCUT2D eigenvalue weighted by Crippen LogP contribution is 2.14. The van der Waals surface area contributed by atoms with Crippen LogP contribution in [0.3, 0.4) is 0 Å². The Labute approximate surface area is 116 Å². The van der Waals surface area contributed by atoms with Gasteiger partial charge in [0.25, 0.3) is 0 Å². The van der Waals surface area contributed by atoms with E-state index in [9.17, 15) is 4.79 Å². The van der Waals surface area contributed by atoms with Crippen LogP contribution >= 0.6 is 0 Å². The van der Waals surface area contributed by atoms with E-state index in [1.807, 2.05) is 0 Å². The molecule has 0 aliphatic heterocycles. The van der Waals surface area contributed by atoms with Gasteiger partial charge in [-0.2, -0.15) is 0 Å². The van der Waals surface area contributed by atoms with Crippen molar-refractivity contribution in [3.8, 4) is 0 Å². The molecule has 0 aromatic rings. The van der Waals surface area contributed by atoms with Crippen molar-refractivity contribution in [1.82, 2.24) is 0 Å². The first-order valence-electron chi connectivity index (χ1n) is 7.36. The number of hydrogen-bond acceptors (Lipinski definition) is 2. The second-order valence-electron chi connectivity index (χ2n) is 5.06. The predicted octanol–water partition coefficient (Wildman–Crippen LogP) is 2.49. The van der Waals surface area contributed by atoms with E-state index in [1.165, 1.54) is 38.5 Å². The largest absolute Gasteiger partial charge is 0.481 e. The molecule has 0 saturated carbocycles. The predicted molar refractivity (Wildman–Crippen MR) is 79.0 cm³/mol. The number of hydrogen-bond donors (Lipinski definition) is 3. The molecule has 5 nitrogen and oxygen atoms in total. The molecule has 0 spiro atoms. The van der Waals surface area contributed by atoms with Gasteiger partial charge >= 0.3 is 5.97 Å². The van der Waals surface area contributed by atoms with Crippen LogP contribution in [0.15, 0.2) is 4.99 Å². The fraction of sp³-hybridized carbons (Fsp3) is 0.857. The van der Waals surface area contributed by atoms with E-state index in [0.717, 1.165) is 12.8 Å². The summed E-state index contributed by atoms with van der Waals surface area (Å²) in [7, 11) is 0. The number of nitrogens with two attached hydrogens (primary N) is 2. The highest BCUT2D eigenvalue weighted by atomic mass is 16.4. The molecule has 112 valence electrons. The molecule has 0 radical (unpaired) electrons. The summed E-state index contributed by atoms with van der Waals surface area (Å²) in [4.78, 5) is 14.8. The minimum absolute atomic E-state index is 0.0397. The SMILES string of the molecule is CCCCCCCCCCC(CN=C(N)N)C(=O)O. The molecule has 0 bridgehead atoms. The van der Waals surface area contributed by atoms with Crippen LogP contribution in [0.2, 0.25) is 0 Å². The van der Waals surface area contributed by atoms with Crippen molar-refractivity contribution in [3.63, 3.8) is 0 Å². The molecule has 0 saturated heterocycles. The molecule has 5 N–H and O–H groups in total. The smallest absolute Gasteiger partial charge is 0.308 e. The first-order valence-corrected chi connectivity index (χ1v) is 7.36. The van der Waals surface area contributed by atoms with E-state index in [4.69, 9.17) is 16.6 Å². The minimum Gasteiger partial charge on any atom is -0.481 e. The van der Waals surface area contributed by atoms with Gasteiger partial charge < -0.3 is 16.6 Å². The molecule has 0 aromatic heterocycles. The third-order valence-electron chi connectivity index (χ3n) is 3.25. The summed E-state index contributed by atoms with van der Waals surface area (Å²) < 4.78 is 0. The molecule has 0 rings (SSSR count). The quantitative estimate of drug-likeness (QED) is 0.288. The number of carboxylic acids is 1. The topological polar surface area (TPSA) is 102 Å². The number of aliphatic carboxylic acids is 1. The van der Waals surface area contributed by atoms with Crippen LogP contribution in [-0.4, -0.2) is 23.6 Å². The van der Waals surface area contributed by atoms with Crippen molar-refractivity contribution in [3.05, 3.63) is 0 Å². The fourth-order valence-electron chi connectivity index (χ4n) is 2.03. The van der Waals surface area contributed by atoms with Gasteiger partial charge in [0.1, 0.15) is 0 Å². The van der Waals surface area contributed by atoms with Crippen LogP contribution in [0.25, 0.3) is 0 Å². The van der Waals surface area contributed by atoms with Crippen LogP contribution in [0, 0.1) is 5.92 Å². The van der Waals surface area contributed by atoms with Gasteiger partial charge in [0.15, 0.2) is 5.96 Å². The lowest BCUT2D eigenvalue weighted by atomic mass is 10.00. The Morgan fingerprint density at radius 1 is 1.05 bits per heavy atom. The minimum atomic E-state index is -0.812. The van der Waals surface area contributed by atoms with Gasteiger partial charge in [-0.05, 0) is 6.42 Å². The van der Waals surface area contributed by atoms with Crippen LogP contribution in [0.4, 0.5) is 0 Å². The zero-order valence-corrected chi connectivity index (χ0v) is 12.1. The standard InChI is InChI=1S/C14H29N3O2/c1-2-3-4-5-6-7-8-9-10-12(13(18)19)11-17-14(15)16/h12H,2-11H2,1H3,(H,18,19)(H4,15,16,17). The number of carboxylic acid groups (broad SMARTS) is 1. The number of nitrogens with zero attached hydrogens (tertiary/aromatic N) is 1. The van der Waals surface area contributed by atoms with Gasteiger partial charge in [0.05, 0.1) is 12.5 Å². The molecule has 0 aromatic carbocycles. The van der Waals surface area contributed by atoms with Gasteiger partial charge in [0, 0.05) is 0 Å². The fourth-order valence-corrected chi connectivity index (χ4v) is 2.03. The Morgan fingerprint density at radius 2 is 1.58 bits per heavy atom. The number of aliphatic imine (C=N–C) groups is 1. The van der Waals surface area contributed by atoms with Gasteiger partial charge in [-0.1, -0.05) is 58.3 Å². The maximum absolute atomic E-state index is 11.0. The second kappa shape index (κ2) is 11.8. The summed E-state index contributed by atoms with van der Waals surface area (Å²) >= 11 is 0. The maximum Gasteiger partial charge on any atom is 0.308 e. The van der Waals surface area contributed by atoms with E-state index < -0.39 is 11.9 Å². The van der Waals surface area contributed by atoms with Crippen molar-refractivity contribution in [2.24, 2.45) is 22.4 Å². The molecule has 1 unspecified atom stereocenters. The monoisotopic (exact) mass is 271 g/mol. The van der Waals surface area contributed by atoms with Crippen molar-refractivity contribution < 1.29 is 9.90 Å². The molecule has 1 atom stereocenters. The van der Waals surface area contributed by atoms with Crippen LogP contribution in [0.1, 0.15) is 64.7 Å². The number of rotatable bonds is 12. The highest BCUT2D eigenvalue weighted by Gasteiger charge is 2.16. The number of guanidine groups is 1. The maximum atomic E-state index is 11.0. The lowest BCUT2D eigenvalue weighted by Gasteiger charge is -2.09. The first kappa shape index (κ1) is 17.7. The molecule has 0 aliphatic rings. The van der Waals surface area contributed by atoms with Gasteiger partial charge in [-0.15, -0.1) is 0 Å². The molecule has 0 heterocycles. The zero-order valence-electron chi connectivity index (χ0n) is 12.1. The summed E-state index contributed by atoms with van der Waals surface area (Å²) in [6, 6.07) is 0. The Morgan fingerprint density at radius 3 is 2.05 bits per heavy atom. The van der Waals surface area contributed by atoms with Crippen molar-refractivity contribution in [2.75, 3.05) is 6.54 Å². The normalized spacial score (nSPS) is 12.1. The summed E-state index contributed by atoms with van der Waals surface area (Å²) in [5, 5.41) is 9.04. The van der Waals surface area contributed by atoms with Crippen molar-refractivity contribution in [1.29, 1.82) is 0 Å². The molecule has 0 aliphatic carbocycles. The van der Waals surface area contributed by atoms with Gasteiger partial charge in [-0.25, -0.2) is 0 Å². The molecule has 19 heavy (non-hydrogen) atoms. The highest BCUT2D eigenvalue weighted by molar-refractivity contribution is 5.76. The molecular weight excluding hydrogens is 242 g/mol. The summed E-state index contributed by atoms with van der Waals surface area (Å²) in [6.07, 6.45) is 10.3. The van der Waals surface area contributed by atoms with E-state index in [2.05, 4.69) is 11.9 Å². The Kier molecular flexibility index (Phi) is 11.0. The third kappa shape index (κ3) is 11.6. The van der Waals surface area contributed by atoms with E-state index >= 15 is 0 Å². The van der Waals surface area contributed by atoms with Crippen molar-refractivity contribution >= 4 is 11.9 Å². The Bertz CT molecular complexity index is 263. The van der Waals surface area contributed by atoms with Gasteiger partial charge in [0.2, 0.25) is 0 Å². The third-order valence-corrected chi connectivity index (χ3v) is 3.25. The van der Waals surface area contributed by atoms with E-state index in [1.54, 1.807) is 0 Å². The molecule has 0 amide bonds. The van der Waals surface area contributed by atoms with Crippen LogP contribution < -0.4 is 11.5 Å². The summed E-state index contributed by atoms with van der Waals surface area (Å²) in [5.74, 6) is -1.31. The summed E-state index contributed by atoms with van der Waals surface area (Å²) in [6.45, 7) is 2.40. The van der Waals surface area contributed by atoms with Crippen LogP contribution in [-0.2, 0) is 4.79 Å². The lowest BCUT2D eigenvalue weighted by molar-refractivity contribution is -0.141. The average Bonchev–Trinajstić information content (AvgIpc) is 2.35. The number of carbonyl (C=O) groups is 1.